The van der Waals surface area contributed by atoms with Gasteiger partial charge < -0.3 is 14.7 Å². The molecule has 0 atom stereocenters. The monoisotopic (exact) mass is 315 g/mol. The van der Waals surface area contributed by atoms with Crippen molar-refractivity contribution in [2.45, 2.75) is 44.7 Å². The summed E-state index contributed by atoms with van der Waals surface area (Å²) in [5, 5.41) is 12.9. The zero-order valence-electron chi connectivity index (χ0n) is 12.6. The largest absolute Gasteiger partial charge is 0.513 e. The van der Waals surface area contributed by atoms with Gasteiger partial charge in [-0.3, -0.25) is 0 Å². The van der Waals surface area contributed by atoms with Crippen LogP contribution in [0.15, 0.2) is 18.3 Å². The fourth-order valence-corrected chi connectivity index (χ4v) is 3.44. The molecule has 120 valence electrons. The van der Waals surface area contributed by atoms with E-state index in [-0.39, 0.29) is 6.01 Å². The Balaban J connectivity index is 1.73. The van der Waals surface area contributed by atoms with Crippen LogP contribution in [-0.2, 0) is 6.54 Å². The van der Waals surface area contributed by atoms with Crippen LogP contribution < -0.4 is 9.64 Å². The average molecular weight is 315 g/mol. The van der Waals surface area contributed by atoms with Crippen LogP contribution in [0.2, 0.25) is 0 Å². The van der Waals surface area contributed by atoms with Gasteiger partial charge >= 0.3 is 12.2 Å². The van der Waals surface area contributed by atoms with Crippen molar-refractivity contribution < 1.29 is 14.6 Å². The van der Waals surface area contributed by atoms with E-state index in [1.165, 1.54) is 19.3 Å². The summed E-state index contributed by atoms with van der Waals surface area (Å²) in [5.74, 6) is 1.55. The predicted octanol–water partition coefficient (Wildman–Crippen LogP) is 2.37. The van der Waals surface area contributed by atoms with Gasteiger partial charge in [0.05, 0.1) is 6.54 Å². The highest BCUT2D eigenvalue weighted by Gasteiger charge is 2.32. The first-order valence-corrected chi connectivity index (χ1v) is 7.81. The molecule has 0 bridgehead atoms. The summed E-state index contributed by atoms with van der Waals surface area (Å²) in [6, 6.07) is 4.05. The lowest BCUT2D eigenvalue weighted by Gasteiger charge is -2.38. The highest BCUT2D eigenvalue weighted by molar-refractivity contribution is 5.62. The Labute approximate surface area is 132 Å². The molecule has 0 aromatic carbocycles. The van der Waals surface area contributed by atoms with Crippen molar-refractivity contribution in [3.63, 3.8) is 0 Å². The van der Waals surface area contributed by atoms with Crippen molar-refractivity contribution in [2.75, 3.05) is 4.90 Å². The van der Waals surface area contributed by atoms with Crippen molar-refractivity contribution >= 4 is 12.0 Å². The van der Waals surface area contributed by atoms with Gasteiger partial charge in [0.25, 0.3) is 0 Å². The first kappa shape index (κ1) is 14.0. The molecule has 1 fully saturated rings. The van der Waals surface area contributed by atoms with Crippen LogP contribution in [-0.4, -0.2) is 37.1 Å². The molecule has 2 aromatic rings. The quantitative estimate of drug-likeness (QED) is 0.850. The summed E-state index contributed by atoms with van der Waals surface area (Å²) in [6.07, 6.45) is 6.37. The van der Waals surface area contributed by atoms with Gasteiger partial charge in [-0.25, -0.2) is 14.5 Å². The first-order valence-electron chi connectivity index (χ1n) is 7.81. The van der Waals surface area contributed by atoms with Crippen LogP contribution in [0, 0.1) is 0 Å². The van der Waals surface area contributed by atoms with Crippen LogP contribution in [0.4, 0.5) is 10.6 Å². The second kappa shape index (κ2) is 5.53. The molecule has 3 heterocycles. The molecule has 0 radical (unpaired) electrons. The maximum absolute atomic E-state index is 10.7. The molecular formula is C15H17N5O3. The lowest BCUT2D eigenvalue weighted by molar-refractivity contribution is 0.140. The van der Waals surface area contributed by atoms with E-state index in [2.05, 4.69) is 24.7 Å². The Morgan fingerprint density at radius 1 is 1.30 bits per heavy atom. The van der Waals surface area contributed by atoms with E-state index in [9.17, 15) is 4.79 Å². The number of ether oxygens (including phenoxy) is 1. The van der Waals surface area contributed by atoms with E-state index >= 15 is 0 Å². The summed E-state index contributed by atoms with van der Waals surface area (Å²) in [6.45, 7) is 0.560. The lowest BCUT2D eigenvalue weighted by atomic mass is 9.93. The maximum atomic E-state index is 10.7. The Hall–Kier alpha value is -2.64. The molecule has 1 N–H and O–H groups in total. The first-order chi connectivity index (χ1) is 11.2. The van der Waals surface area contributed by atoms with Gasteiger partial charge in [-0.1, -0.05) is 19.3 Å². The predicted molar refractivity (Wildman–Crippen MR) is 80.9 cm³/mol. The van der Waals surface area contributed by atoms with Crippen LogP contribution in [0.25, 0.3) is 5.69 Å². The van der Waals surface area contributed by atoms with Crippen molar-refractivity contribution in [2.24, 2.45) is 0 Å². The summed E-state index contributed by atoms with van der Waals surface area (Å²) < 4.78 is 6.22. The van der Waals surface area contributed by atoms with Crippen molar-refractivity contribution in [1.29, 1.82) is 0 Å². The zero-order valence-corrected chi connectivity index (χ0v) is 12.6. The molecule has 0 unspecified atom stereocenters. The molecule has 0 saturated heterocycles. The zero-order chi connectivity index (χ0) is 15.8. The number of anilines is 1. The minimum atomic E-state index is -1.41. The van der Waals surface area contributed by atoms with Crippen molar-refractivity contribution in [3.8, 4) is 11.7 Å². The number of carbonyl (C=O) groups is 1. The maximum Gasteiger partial charge on any atom is 0.513 e. The number of hydrogen-bond donors (Lipinski definition) is 1. The van der Waals surface area contributed by atoms with E-state index in [1.54, 1.807) is 10.9 Å². The van der Waals surface area contributed by atoms with E-state index in [4.69, 9.17) is 5.11 Å². The Morgan fingerprint density at radius 3 is 2.91 bits per heavy atom. The van der Waals surface area contributed by atoms with Gasteiger partial charge in [-0.2, -0.15) is 4.98 Å². The summed E-state index contributed by atoms with van der Waals surface area (Å²) in [4.78, 5) is 21.7. The molecule has 0 spiro atoms. The number of nitrogens with zero attached hydrogens (tertiary/aromatic N) is 5. The van der Waals surface area contributed by atoms with Crippen molar-refractivity contribution in [1.82, 2.24) is 19.7 Å². The summed E-state index contributed by atoms with van der Waals surface area (Å²) >= 11 is 0. The SMILES string of the molecule is O=C(O)Oc1nc2n(n1)-c1cccnc1N(C1CCCCC1)C2. The number of aromatic nitrogens is 4. The minimum Gasteiger partial charge on any atom is -0.449 e. The van der Waals surface area contributed by atoms with Crippen LogP contribution in [0.5, 0.6) is 6.01 Å². The molecule has 8 heteroatoms. The summed E-state index contributed by atoms with van der Waals surface area (Å²) in [7, 11) is 0. The molecule has 0 amide bonds. The normalized spacial score (nSPS) is 17.5. The Morgan fingerprint density at radius 2 is 2.13 bits per heavy atom. The van der Waals surface area contributed by atoms with Gasteiger partial charge in [-0.15, -0.1) is 5.10 Å². The third-order valence-corrected chi connectivity index (χ3v) is 4.43. The number of fused-ring (bicyclic) bond motifs is 3. The molecule has 4 rings (SSSR count). The highest BCUT2D eigenvalue weighted by Crippen LogP contribution is 2.35. The standard InChI is InChI=1S/C15H17N5O3/c21-15(22)23-14-17-12-9-19(10-5-2-1-3-6-10)13-11(20(12)18-14)7-4-8-16-13/h4,7-8,10H,1-3,5-6,9H2,(H,21,22). The van der Waals surface area contributed by atoms with Crippen molar-refractivity contribution in [3.05, 3.63) is 24.2 Å². The van der Waals surface area contributed by atoms with E-state index < -0.39 is 6.16 Å². The number of carboxylic acid groups (broad SMARTS) is 1. The van der Waals surface area contributed by atoms with E-state index in [1.807, 2.05) is 12.1 Å². The van der Waals surface area contributed by atoms with Gasteiger partial charge in [0.2, 0.25) is 0 Å². The van der Waals surface area contributed by atoms with Crippen LogP contribution in [0.3, 0.4) is 0 Å². The van der Waals surface area contributed by atoms with Crippen LogP contribution in [0.1, 0.15) is 37.9 Å². The molecule has 23 heavy (non-hydrogen) atoms. The molecular weight excluding hydrogens is 298 g/mol. The number of hydrogen-bond acceptors (Lipinski definition) is 6. The van der Waals surface area contributed by atoms with Gasteiger partial charge in [0.1, 0.15) is 5.69 Å². The second-order valence-corrected chi connectivity index (χ2v) is 5.86. The average Bonchev–Trinajstić information content (AvgIpc) is 2.96. The topological polar surface area (TPSA) is 93.4 Å². The number of pyridine rings is 1. The van der Waals surface area contributed by atoms with Gasteiger partial charge in [-0.05, 0) is 25.0 Å². The van der Waals surface area contributed by atoms with Gasteiger partial charge in [0.15, 0.2) is 11.6 Å². The molecule has 1 aliphatic heterocycles. The smallest absolute Gasteiger partial charge is 0.449 e. The lowest BCUT2D eigenvalue weighted by Crippen LogP contribution is -2.40. The molecule has 8 nitrogen and oxygen atoms in total. The Bertz CT molecular complexity index is 738. The van der Waals surface area contributed by atoms with E-state index in [0.29, 0.717) is 18.4 Å². The summed E-state index contributed by atoms with van der Waals surface area (Å²) in [5.41, 5.74) is 0.812. The van der Waals surface area contributed by atoms with Crippen LogP contribution >= 0.6 is 0 Å². The van der Waals surface area contributed by atoms with Gasteiger partial charge in [0, 0.05) is 12.2 Å². The molecule has 1 saturated carbocycles. The third-order valence-electron chi connectivity index (χ3n) is 4.43. The Kier molecular flexibility index (Phi) is 3.36. The minimum absolute atomic E-state index is 0.146. The third kappa shape index (κ3) is 2.49. The van der Waals surface area contributed by atoms with E-state index in [0.717, 1.165) is 24.3 Å². The molecule has 2 aliphatic rings. The molecule has 2 aromatic heterocycles. The second-order valence-electron chi connectivity index (χ2n) is 5.86. The number of rotatable bonds is 2. The fraction of sp³-hybridized carbons (Fsp3) is 0.467. The molecule has 1 aliphatic carbocycles. The fourth-order valence-electron chi connectivity index (χ4n) is 3.44. The highest BCUT2D eigenvalue weighted by atomic mass is 16.7.